The van der Waals surface area contributed by atoms with E-state index in [9.17, 15) is 0 Å². The monoisotopic (exact) mass is 235 g/mol. The molecule has 1 saturated heterocycles. The van der Waals surface area contributed by atoms with Gasteiger partial charge in [0.05, 0.1) is 12.8 Å². The van der Waals surface area contributed by atoms with E-state index in [0.717, 1.165) is 49.7 Å². The van der Waals surface area contributed by atoms with Crippen LogP contribution in [0.4, 0.5) is 0 Å². The molecule has 0 atom stereocenters. The molecule has 17 heavy (non-hydrogen) atoms. The van der Waals surface area contributed by atoms with Crippen molar-refractivity contribution < 1.29 is 4.74 Å². The van der Waals surface area contributed by atoms with Gasteiger partial charge in [0.15, 0.2) is 0 Å². The fraction of sp³-hybridized carbons (Fsp3) is 0.615. The van der Waals surface area contributed by atoms with Crippen LogP contribution in [-0.2, 0) is 6.54 Å². The number of aryl methyl sites for hydroxylation is 1. The first kappa shape index (κ1) is 12.3. The summed E-state index contributed by atoms with van der Waals surface area (Å²) >= 11 is 0. The van der Waals surface area contributed by atoms with Crippen LogP contribution in [0, 0.1) is 13.8 Å². The molecule has 4 heteroatoms. The van der Waals surface area contributed by atoms with Gasteiger partial charge >= 0.3 is 0 Å². The quantitative estimate of drug-likeness (QED) is 0.851. The predicted molar refractivity (Wildman–Crippen MR) is 68.4 cm³/mol. The van der Waals surface area contributed by atoms with Crippen LogP contribution in [0.15, 0.2) is 6.20 Å². The summed E-state index contributed by atoms with van der Waals surface area (Å²) in [5, 5.41) is 3.36. The van der Waals surface area contributed by atoms with E-state index in [1.807, 2.05) is 13.1 Å². The smallest absolute Gasteiger partial charge is 0.128 e. The van der Waals surface area contributed by atoms with Crippen LogP contribution < -0.4 is 10.1 Å². The van der Waals surface area contributed by atoms with E-state index in [2.05, 4.69) is 22.1 Å². The van der Waals surface area contributed by atoms with E-state index in [4.69, 9.17) is 4.74 Å². The summed E-state index contributed by atoms with van der Waals surface area (Å²) in [5.41, 5.74) is 3.41. The molecule has 0 amide bonds. The zero-order chi connectivity index (χ0) is 12.3. The number of rotatable bonds is 3. The minimum absolute atomic E-state index is 0.921. The molecule has 4 nitrogen and oxygen atoms in total. The van der Waals surface area contributed by atoms with E-state index >= 15 is 0 Å². The van der Waals surface area contributed by atoms with Gasteiger partial charge in [0, 0.05) is 50.0 Å². The highest BCUT2D eigenvalue weighted by molar-refractivity contribution is 5.41. The molecule has 0 bridgehead atoms. The lowest BCUT2D eigenvalue weighted by atomic mass is 10.1. The number of nitrogens with one attached hydrogen (secondary N) is 1. The van der Waals surface area contributed by atoms with Crippen LogP contribution in [0.3, 0.4) is 0 Å². The maximum absolute atomic E-state index is 5.43. The maximum atomic E-state index is 5.43. The molecular weight excluding hydrogens is 214 g/mol. The lowest BCUT2D eigenvalue weighted by Crippen LogP contribution is -2.43. The van der Waals surface area contributed by atoms with Crippen LogP contribution in [0.25, 0.3) is 0 Å². The van der Waals surface area contributed by atoms with Crippen molar-refractivity contribution in [2.24, 2.45) is 0 Å². The van der Waals surface area contributed by atoms with Crippen molar-refractivity contribution in [1.29, 1.82) is 0 Å². The number of hydrogen-bond acceptors (Lipinski definition) is 4. The van der Waals surface area contributed by atoms with E-state index < -0.39 is 0 Å². The summed E-state index contributed by atoms with van der Waals surface area (Å²) in [7, 11) is 1.73. The van der Waals surface area contributed by atoms with Crippen molar-refractivity contribution in [3.05, 3.63) is 23.0 Å². The molecule has 2 rings (SSSR count). The molecular formula is C13H21N3O. The Hall–Kier alpha value is -1.13. The Morgan fingerprint density at radius 3 is 2.71 bits per heavy atom. The van der Waals surface area contributed by atoms with Crippen molar-refractivity contribution >= 4 is 0 Å². The second-order valence-corrected chi connectivity index (χ2v) is 4.57. The number of methoxy groups -OCH3 is 1. The van der Waals surface area contributed by atoms with Gasteiger partial charge in [0.2, 0.25) is 0 Å². The van der Waals surface area contributed by atoms with E-state index in [0.29, 0.717) is 0 Å². The molecule has 0 saturated carbocycles. The zero-order valence-electron chi connectivity index (χ0n) is 10.9. The Morgan fingerprint density at radius 2 is 2.06 bits per heavy atom. The van der Waals surface area contributed by atoms with Crippen LogP contribution in [0.1, 0.15) is 16.8 Å². The normalized spacial score (nSPS) is 17.1. The molecule has 1 aromatic rings. The van der Waals surface area contributed by atoms with Gasteiger partial charge in [-0.15, -0.1) is 0 Å². The summed E-state index contributed by atoms with van der Waals surface area (Å²) in [6.07, 6.45) is 1.91. The molecule has 0 aliphatic carbocycles. The molecule has 1 aliphatic rings. The van der Waals surface area contributed by atoms with E-state index in [-0.39, 0.29) is 0 Å². The fourth-order valence-corrected chi connectivity index (χ4v) is 2.31. The summed E-state index contributed by atoms with van der Waals surface area (Å²) in [4.78, 5) is 6.97. The Kier molecular flexibility index (Phi) is 3.97. The molecule has 1 aliphatic heterocycles. The number of piperazine rings is 1. The van der Waals surface area contributed by atoms with Gasteiger partial charge in [0.1, 0.15) is 5.75 Å². The number of aromatic nitrogens is 1. The van der Waals surface area contributed by atoms with E-state index in [1.165, 1.54) is 5.56 Å². The summed E-state index contributed by atoms with van der Waals surface area (Å²) in [6.45, 7) is 9.38. The molecule has 1 aromatic heterocycles. The minimum atomic E-state index is 0.921. The highest BCUT2D eigenvalue weighted by Crippen LogP contribution is 2.24. The lowest BCUT2D eigenvalue weighted by molar-refractivity contribution is 0.230. The first-order valence-electron chi connectivity index (χ1n) is 6.14. The molecule has 0 radical (unpaired) electrons. The van der Waals surface area contributed by atoms with Crippen LogP contribution in [0.2, 0.25) is 0 Å². The number of hydrogen-bond donors (Lipinski definition) is 1. The minimum Gasteiger partial charge on any atom is -0.496 e. The second kappa shape index (κ2) is 5.47. The molecule has 0 aromatic carbocycles. The van der Waals surface area contributed by atoms with Gasteiger partial charge in [-0.25, -0.2) is 0 Å². The molecule has 2 heterocycles. The second-order valence-electron chi connectivity index (χ2n) is 4.57. The fourth-order valence-electron chi connectivity index (χ4n) is 2.31. The predicted octanol–water partition coefficient (Wildman–Crippen LogP) is 1.11. The van der Waals surface area contributed by atoms with Crippen molar-refractivity contribution in [2.75, 3.05) is 33.3 Å². The number of nitrogens with zero attached hydrogens (tertiary/aromatic N) is 2. The Morgan fingerprint density at radius 1 is 1.35 bits per heavy atom. The first-order valence-corrected chi connectivity index (χ1v) is 6.14. The highest BCUT2D eigenvalue weighted by atomic mass is 16.5. The van der Waals surface area contributed by atoms with Crippen LogP contribution >= 0.6 is 0 Å². The third-order valence-corrected chi connectivity index (χ3v) is 3.33. The molecule has 1 fully saturated rings. The summed E-state index contributed by atoms with van der Waals surface area (Å²) < 4.78 is 5.43. The van der Waals surface area contributed by atoms with Crippen molar-refractivity contribution in [3.63, 3.8) is 0 Å². The van der Waals surface area contributed by atoms with Crippen LogP contribution in [-0.4, -0.2) is 43.2 Å². The largest absolute Gasteiger partial charge is 0.496 e. The highest BCUT2D eigenvalue weighted by Gasteiger charge is 2.14. The average molecular weight is 235 g/mol. The van der Waals surface area contributed by atoms with Crippen molar-refractivity contribution in [3.8, 4) is 5.75 Å². The van der Waals surface area contributed by atoms with Gasteiger partial charge in [-0.3, -0.25) is 9.88 Å². The van der Waals surface area contributed by atoms with Crippen molar-refractivity contribution in [2.45, 2.75) is 20.4 Å². The molecule has 1 N–H and O–H groups in total. The average Bonchev–Trinajstić information content (AvgIpc) is 2.35. The van der Waals surface area contributed by atoms with Gasteiger partial charge < -0.3 is 10.1 Å². The number of pyridine rings is 1. The Labute approximate surface area is 103 Å². The maximum Gasteiger partial charge on any atom is 0.128 e. The first-order chi connectivity index (χ1) is 8.22. The summed E-state index contributed by atoms with van der Waals surface area (Å²) in [6, 6.07) is 0. The zero-order valence-corrected chi connectivity index (χ0v) is 10.9. The molecule has 0 spiro atoms. The number of ether oxygens (including phenoxy) is 1. The van der Waals surface area contributed by atoms with Gasteiger partial charge in [-0.2, -0.15) is 0 Å². The SMILES string of the molecule is COc1c(C)cnc(CN2CCNCC2)c1C. The third-order valence-electron chi connectivity index (χ3n) is 3.33. The third kappa shape index (κ3) is 2.76. The lowest BCUT2D eigenvalue weighted by Gasteiger charge is -2.27. The topological polar surface area (TPSA) is 37.4 Å². The van der Waals surface area contributed by atoms with Gasteiger partial charge in [-0.1, -0.05) is 0 Å². The molecule has 94 valence electrons. The van der Waals surface area contributed by atoms with Crippen molar-refractivity contribution in [1.82, 2.24) is 15.2 Å². The molecule has 0 unspecified atom stereocenters. The van der Waals surface area contributed by atoms with Gasteiger partial charge in [0.25, 0.3) is 0 Å². The standard InChI is InChI=1S/C13H21N3O/c1-10-8-15-12(11(2)13(10)17-3)9-16-6-4-14-5-7-16/h8,14H,4-7,9H2,1-3H3. The Balaban J connectivity index is 2.15. The van der Waals surface area contributed by atoms with Crippen LogP contribution in [0.5, 0.6) is 5.75 Å². The van der Waals surface area contributed by atoms with Gasteiger partial charge in [-0.05, 0) is 13.8 Å². The van der Waals surface area contributed by atoms with E-state index in [1.54, 1.807) is 7.11 Å². The Bertz CT molecular complexity index is 386. The summed E-state index contributed by atoms with van der Waals surface area (Å²) in [5.74, 6) is 0.977.